The second kappa shape index (κ2) is 8.62. The predicted octanol–water partition coefficient (Wildman–Crippen LogP) is 3.19. The molecule has 24 heavy (non-hydrogen) atoms. The van der Waals surface area contributed by atoms with Crippen LogP contribution in [0, 0.1) is 12.8 Å². The number of carbonyl (C=O) groups is 1. The topological polar surface area (TPSA) is 66.5 Å². The van der Waals surface area contributed by atoms with Crippen LogP contribution in [0.15, 0.2) is 23.1 Å². The van der Waals surface area contributed by atoms with Gasteiger partial charge in [-0.05, 0) is 37.0 Å². The number of aryl methyl sites for hydroxylation is 1. The summed E-state index contributed by atoms with van der Waals surface area (Å²) in [5.41, 5.74) is 1.03. The number of hydrogen-bond acceptors (Lipinski definition) is 3. The number of rotatable bonds is 8. The molecule has 136 valence electrons. The highest BCUT2D eigenvalue weighted by Crippen LogP contribution is 2.21. The summed E-state index contributed by atoms with van der Waals surface area (Å²) in [6.45, 7) is 12.3. The molecule has 6 heteroatoms. The Morgan fingerprint density at radius 3 is 2.21 bits per heavy atom. The summed E-state index contributed by atoms with van der Waals surface area (Å²) < 4.78 is 26.9. The van der Waals surface area contributed by atoms with Crippen LogP contribution in [0.3, 0.4) is 0 Å². The fraction of sp³-hybridized carbons (Fsp3) is 0.611. The lowest BCUT2D eigenvalue weighted by molar-refractivity contribution is 0.0924. The van der Waals surface area contributed by atoms with E-state index in [0.29, 0.717) is 30.1 Å². The van der Waals surface area contributed by atoms with Gasteiger partial charge in [0.2, 0.25) is 10.0 Å². The van der Waals surface area contributed by atoms with Gasteiger partial charge >= 0.3 is 0 Å². The van der Waals surface area contributed by atoms with Crippen molar-refractivity contribution in [3.05, 3.63) is 29.3 Å². The van der Waals surface area contributed by atoms with Crippen molar-refractivity contribution < 1.29 is 13.2 Å². The zero-order chi connectivity index (χ0) is 18.5. The molecule has 0 bridgehead atoms. The van der Waals surface area contributed by atoms with Crippen molar-refractivity contribution in [2.24, 2.45) is 5.92 Å². The first-order chi connectivity index (χ1) is 11.2. The second-order valence-corrected chi connectivity index (χ2v) is 8.21. The average Bonchev–Trinajstić information content (AvgIpc) is 2.53. The van der Waals surface area contributed by atoms with E-state index in [1.54, 1.807) is 32.9 Å². The Labute approximate surface area is 146 Å². The summed E-state index contributed by atoms with van der Waals surface area (Å²) in [6.07, 6.45) is 0.833. The van der Waals surface area contributed by atoms with Crippen LogP contribution < -0.4 is 5.32 Å². The molecule has 0 aliphatic rings. The van der Waals surface area contributed by atoms with Crippen LogP contribution in [0.25, 0.3) is 0 Å². The zero-order valence-electron chi connectivity index (χ0n) is 15.6. The predicted molar refractivity (Wildman–Crippen MR) is 97.7 cm³/mol. The molecule has 0 spiro atoms. The van der Waals surface area contributed by atoms with Crippen molar-refractivity contribution in [1.29, 1.82) is 0 Å². The first-order valence-electron chi connectivity index (χ1n) is 8.60. The Bertz CT molecular complexity index is 665. The Hall–Kier alpha value is -1.40. The third kappa shape index (κ3) is 4.57. The molecule has 0 fully saturated rings. The summed E-state index contributed by atoms with van der Waals surface area (Å²) in [7, 11) is -3.58. The number of benzene rings is 1. The smallest absolute Gasteiger partial charge is 0.251 e. The Morgan fingerprint density at radius 2 is 1.75 bits per heavy atom. The van der Waals surface area contributed by atoms with E-state index in [0.717, 1.165) is 6.42 Å². The van der Waals surface area contributed by atoms with Crippen molar-refractivity contribution in [3.8, 4) is 0 Å². The maximum Gasteiger partial charge on any atom is 0.251 e. The van der Waals surface area contributed by atoms with E-state index in [1.807, 2.05) is 6.92 Å². The molecule has 0 aliphatic carbocycles. The van der Waals surface area contributed by atoms with Gasteiger partial charge in [0, 0.05) is 24.7 Å². The van der Waals surface area contributed by atoms with Crippen LogP contribution in [-0.4, -0.2) is 37.8 Å². The molecular weight excluding hydrogens is 324 g/mol. The molecule has 1 N–H and O–H groups in total. The molecule has 1 aromatic carbocycles. The monoisotopic (exact) mass is 354 g/mol. The van der Waals surface area contributed by atoms with Crippen LogP contribution in [0.1, 0.15) is 57.0 Å². The van der Waals surface area contributed by atoms with Crippen LogP contribution in [0.5, 0.6) is 0 Å². The Balaban J connectivity index is 3.21. The lowest BCUT2D eigenvalue weighted by Gasteiger charge is -2.22. The van der Waals surface area contributed by atoms with E-state index >= 15 is 0 Å². The van der Waals surface area contributed by atoms with Gasteiger partial charge in [0.05, 0.1) is 4.90 Å². The molecule has 0 saturated carbocycles. The molecule has 1 amide bonds. The number of carbonyl (C=O) groups excluding carboxylic acids is 1. The zero-order valence-corrected chi connectivity index (χ0v) is 16.4. The number of hydrogen-bond donors (Lipinski definition) is 1. The van der Waals surface area contributed by atoms with Crippen molar-refractivity contribution >= 4 is 15.9 Å². The second-order valence-electron chi connectivity index (χ2n) is 6.30. The molecule has 1 aromatic rings. The van der Waals surface area contributed by atoms with E-state index < -0.39 is 10.0 Å². The van der Waals surface area contributed by atoms with E-state index in [4.69, 9.17) is 0 Å². The number of sulfonamides is 1. The Morgan fingerprint density at radius 1 is 1.17 bits per heavy atom. The Kier molecular flexibility index (Phi) is 7.42. The molecule has 1 unspecified atom stereocenters. The average molecular weight is 355 g/mol. The normalized spacial score (nSPS) is 13.3. The van der Waals surface area contributed by atoms with Crippen molar-refractivity contribution in [2.75, 3.05) is 13.1 Å². The van der Waals surface area contributed by atoms with E-state index in [1.165, 1.54) is 10.4 Å². The SMILES string of the molecule is CCC(NC(=O)c1ccc(C)c(S(=O)(=O)N(CC)CC)c1)C(C)C. The molecule has 0 saturated heterocycles. The van der Waals surface area contributed by atoms with Crippen LogP contribution >= 0.6 is 0 Å². The fourth-order valence-corrected chi connectivity index (χ4v) is 4.42. The van der Waals surface area contributed by atoms with Gasteiger partial charge < -0.3 is 5.32 Å². The minimum Gasteiger partial charge on any atom is -0.349 e. The lowest BCUT2D eigenvalue weighted by atomic mass is 10.0. The number of nitrogens with one attached hydrogen (secondary N) is 1. The highest BCUT2D eigenvalue weighted by atomic mass is 32.2. The highest BCUT2D eigenvalue weighted by Gasteiger charge is 2.25. The summed E-state index contributed by atoms with van der Waals surface area (Å²) in [4.78, 5) is 12.7. The largest absolute Gasteiger partial charge is 0.349 e. The standard InChI is InChI=1S/C18H30N2O3S/c1-7-16(13(4)5)19-18(21)15-11-10-14(6)17(12-15)24(22,23)20(8-2)9-3/h10-13,16H,7-9H2,1-6H3,(H,19,21). The molecule has 0 radical (unpaired) electrons. The van der Waals surface area contributed by atoms with Gasteiger partial charge in [0.1, 0.15) is 0 Å². The third-order valence-electron chi connectivity index (χ3n) is 4.33. The maximum atomic E-state index is 12.8. The van der Waals surface area contributed by atoms with Crippen LogP contribution in [0.4, 0.5) is 0 Å². The maximum absolute atomic E-state index is 12.8. The quantitative estimate of drug-likeness (QED) is 0.779. The summed E-state index contributed by atoms with van der Waals surface area (Å²) in [5.74, 6) is 0.0924. The molecule has 1 rings (SSSR count). The van der Waals surface area contributed by atoms with Crippen LogP contribution in [-0.2, 0) is 10.0 Å². The van der Waals surface area contributed by atoms with Crippen molar-refractivity contribution in [3.63, 3.8) is 0 Å². The summed E-state index contributed by atoms with van der Waals surface area (Å²) in [6, 6.07) is 4.94. The highest BCUT2D eigenvalue weighted by molar-refractivity contribution is 7.89. The minimum absolute atomic E-state index is 0.0710. The van der Waals surface area contributed by atoms with Gasteiger partial charge in [-0.1, -0.05) is 40.7 Å². The third-order valence-corrected chi connectivity index (χ3v) is 6.53. The molecule has 0 aliphatic heterocycles. The first kappa shape index (κ1) is 20.6. The molecule has 1 atom stereocenters. The van der Waals surface area contributed by atoms with Crippen LogP contribution in [0.2, 0.25) is 0 Å². The molecule has 0 aromatic heterocycles. The number of amides is 1. The van der Waals surface area contributed by atoms with Gasteiger partial charge in [-0.25, -0.2) is 8.42 Å². The van der Waals surface area contributed by atoms with Gasteiger partial charge in [0.15, 0.2) is 0 Å². The van der Waals surface area contributed by atoms with Gasteiger partial charge in [-0.3, -0.25) is 4.79 Å². The minimum atomic E-state index is -3.58. The van der Waals surface area contributed by atoms with Gasteiger partial charge in [-0.15, -0.1) is 0 Å². The van der Waals surface area contributed by atoms with Gasteiger partial charge in [-0.2, -0.15) is 4.31 Å². The van der Waals surface area contributed by atoms with Gasteiger partial charge in [0.25, 0.3) is 5.91 Å². The van der Waals surface area contributed by atoms with E-state index in [2.05, 4.69) is 19.2 Å². The van der Waals surface area contributed by atoms with E-state index in [9.17, 15) is 13.2 Å². The molecule has 5 nitrogen and oxygen atoms in total. The fourth-order valence-electron chi connectivity index (χ4n) is 2.71. The first-order valence-corrected chi connectivity index (χ1v) is 10.0. The van der Waals surface area contributed by atoms with Crippen molar-refractivity contribution in [1.82, 2.24) is 9.62 Å². The van der Waals surface area contributed by atoms with E-state index in [-0.39, 0.29) is 16.8 Å². The molecular formula is C18H30N2O3S. The molecule has 0 heterocycles. The lowest BCUT2D eigenvalue weighted by Crippen LogP contribution is -2.38. The number of nitrogens with zero attached hydrogens (tertiary/aromatic N) is 1. The van der Waals surface area contributed by atoms with Crippen molar-refractivity contribution in [2.45, 2.75) is 58.9 Å². The summed E-state index contributed by atoms with van der Waals surface area (Å²) >= 11 is 0. The summed E-state index contributed by atoms with van der Waals surface area (Å²) in [5, 5.41) is 2.99.